The molecule has 0 saturated carbocycles. The summed E-state index contributed by atoms with van der Waals surface area (Å²) in [4.78, 5) is 4.77. The van der Waals surface area contributed by atoms with Crippen LogP contribution in [0.4, 0.5) is 10.1 Å². The lowest BCUT2D eigenvalue weighted by molar-refractivity contribution is -0.0890. The van der Waals surface area contributed by atoms with E-state index in [1.165, 1.54) is 6.07 Å². The van der Waals surface area contributed by atoms with E-state index in [1.807, 2.05) is 13.0 Å². The van der Waals surface area contributed by atoms with Gasteiger partial charge in [0, 0.05) is 36.8 Å². The molecule has 0 amide bonds. The fourth-order valence-electron chi connectivity index (χ4n) is 4.87. The van der Waals surface area contributed by atoms with Crippen LogP contribution in [-0.2, 0) is 0 Å². The van der Waals surface area contributed by atoms with E-state index < -0.39 is 6.10 Å². The first-order chi connectivity index (χ1) is 12.5. The van der Waals surface area contributed by atoms with Gasteiger partial charge in [0.1, 0.15) is 5.82 Å². The number of hydrogen-bond acceptors (Lipinski definition) is 4. The molecule has 0 bridgehead atoms. The van der Waals surface area contributed by atoms with Gasteiger partial charge in [-0.25, -0.2) is 4.39 Å². The summed E-state index contributed by atoms with van der Waals surface area (Å²) in [5, 5.41) is 20.5. The van der Waals surface area contributed by atoms with E-state index in [2.05, 4.69) is 16.7 Å². The van der Waals surface area contributed by atoms with Crippen molar-refractivity contribution in [3.05, 3.63) is 29.6 Å². The zero-order valence-corrected chi connectivity index (χ0v) is 16.1. The van der Waals surface area contributed by atoms with Crippen molar-refractivity contribution in [2.75, 3.05) is 37.7 Å². The van der Waals surface area contributed by atoms with E-state index in [9.17, 15) is 14.6 Å². The average Bonchev–Trinajstić information content (AvgIpc) is 2.64. The maximum absolute atomic E-state index is 13.3. The predicted molar refractivity (Wildman–Crippen MR) is 103 cm³/mol. The van der Waals surface area contributed by atoms with Gasteiger partial charge in [0.05, 0.1) is 12.7 Å². The molecular weight excluding hydrogens is 331 g/mol. The summed E-state index contributed by atoms with van der Waals surface area (Å²) in [7, 11) is 0. The number of aryl methyl sites for hydroxylation is 1. The molecule has 146 valence electrons. The largest absolute Gasteiger partial charge is 0.396 e. The van der Waals surface area contributed by atoms with Gasteiger partial charge in [0.15, 0.2) is 0 Å². The summed E-state index contributed by atoms with van der Waals surface area (Å²) < 4.78 is 13.3. The van der Waals surface area contributed by atoms with Gasteiger partial charge in [-0.2, -0.15) is 0 Å². The molecule has 5 heteroatoms. The third kappa shape index (κ3) is 3.90. The lowest BCUT2D eigenvalue weighted by atomic mass is 9.73. The molecule has 2 saturated heterocycles. The number of aliphatic hydroxyl groups is 2. The standard InChI is InChI=1S/C21H33FN2O2/c1-3-8-21(15-25)9-12-24(14-20(21)26)18-6-10-23(11-7-18)19-5-4-17(22)13-16(19)2/h4-5,13,18,20,25-26H,3,6-12,14-15H2,1-2H3/t20-,21-/m1/s1. The third-order valence-corrected chi connectivity index (χ3v) is 6.55. The fraction of sp³-hybridized carbons (Fsp3) is 0.714. The number of β-amino-alcohol motifs (C(OH)–C–C–N with tert-alkyl or cyclic N) is 1. The van der Waals surface area contributed by atoms with Crippen LogP contribution in [0.25, 0.3) is 0 Å². The van der Waals surface area contributed by atoms with E-state index in [-0.39, 0.29) is 17.8 Å². The molecule has 0 spiro atoms. The maximum Gasteiger partial charge on any atom is 0.123 e. The van der Waals surface area contributed by atoms with Crippen LogP contribution in [-0.4, -0.2) is 60.0 Å². The molecule has 2 heterocycles. The Balaban J connectivity index is 1.57. The Morgan fingerprint density at radius 2 is 1.96 bits per heavy atom. The molecule has 4 nitrogen and oxygen atoms in total. The van der Waals surface area contributed by atoms with Gasteiger partial charge >= 0.3 is 0 Å². The zero-order chi connectivity index (χ0) is 18.7. The number of benzene rings is 1. The Labute approximate surface area is 156 Å². The first-order valence-corrected chi connectivity index (χ1v) is 10.0. The minimum atomic E-state index is -0.446. The second-order valence-electron chi connectivity index (χ2n) is 8.18. The highest BCUT2D eigenvalue weighted by molar-refractivity contribution is 5.53. The Morgan fingerprint density at radius 1 is 1.23 bits per heavy atom. The van der Waals surface area contributed by atoms with E-state index in [1.54, 1.807) is 6.07 Å². The van der Waals surface area contributed by atoms with Crippen molar-refractivity contribution < 1.29 is 14.6 Å². The summed E-state index contributed by atoms with van der Waals surface area (Å²) in [5.74, 6) is -0.178. The minimum Gasteiger partial charge on any atom is -0.396 e. The summed E-state index contributed by atoms with van der Waals surface area (Å²) in [6, 6.07) is 5.51. The molecule has 2 aliphatic rings. The van der Waals surface area contributed by atoms with Crippen molar-refractivity contribution in [2.24, 2.45) is 5.41 Å². The van der Waals surface area contributed by atoms with E-state index in [4.69, 9.17) is 0 Å². The van der Waals surface area contributed by atoms with Gasteiger partial charge < -0.3 is 15.1 Å². The third-order valence-electron chi connectivity index (χ3n) is 6.55. The molecule has 0 unspecified atom stereocenters. The molecule has 26 heavy (non-hydrogen) atoms. The molecule has 2 aliphatic heterocycles. The zero-order valence-electron chi connectivity index (χ0n) is 16.1. The van der Waals surface area contributed by atoms with Crippen LogP contribution in [0.3, 0.4) is 0 Å². The van der Waals surface area contributed by atoms with E-state index in [0.717, 1.165) is 63.0 Å². The van der Waals surface area contributed by atoms with Gasteiger partial charge in [-0.3, -0.25) is 4.90 Å². The van der Waals surface area contributed by atoms with Crippen LogP contribution < -0.4 is 4.90 Å². The van der Waals surface area contributed by atoms with E-state index >= 15 is 0 Å². The lowest BCUT2D eigenvalue weighted by Crippen LogP contribution is -2.57. The van der Waals surface area contributed by atoms with Crippen molar-refractivity contribution >= 4 is 5.69 Å². The molecule has 0 radical (unpaired) electrons. The number of aliphatic hydroxyl groups excluding tert-OH is 2. The van der Waals surface area contributed by atoms with Crippen molar-refractivity contribution in [1.29, 1.82) is 0 Å². The number of halogens is 1. The van der Waals surface area contributed by atoms with Crippen LogP contribution >= 0.6 is 0 Å². The monoisotopic (exact) mass is 364 g/mol. The molecule has 0 aliphatic carbocycles. The maximum atomic E-state index is 13.3. The first kappa shape index (κ1) is 19.6. The molecule has 0 aromatic heterocycles. The number of piperidine rings is 2. The quantitative estimate of drug-likeness (QED) is 0.843. The van der Waals surface area contributed by atoms with Crippen LogP contribution in [0, 0.1) is 18.2 Å². The predicted octanol–water partition coefficient (Wildman–Crippen LogP) is 2.95. The van der Waals surface area contributed by atoms with Gasteiger partial charge in [-0.15, -0.1) is 0 Å². The van der Waals surface area contributed by atoms with Crippen LogP contribution in [0.1, 0.15) is 44.6 Å². The second kappa shape index (κ2) is 8.24. The van der Waals surface area contributed by atoms with Crippen molar-refractivity contribution in [3.63, 3.8) is 0 Å². The number of hydrogen-bond donors (Lipinski definition) is 2. The molecule has 2 N–H and O–H groups in total. The van der Waals surface area contributed by atoms with Gasteiger partial charge in [0.25, 0.3) is 0 Å². The summed E-state index contributed by atoms with van der Waals surface area (Å²) in [6.45, 7) is 7.71. The second-order valence-corrected chi connectivity index (χ2v) is 8.18. The lowest BCUT2D eigenvalue weighted by Gasteiger charge is -2.48. The highest BCUT2D eigenvalue weighted by Gasteiger charge is 2.42. The number of rotatable bonds is 5. The van der Waals surface area contributed by atoms with Gasteiger partial charge in [-0.05, 0) is 62.9 Å². The number of nitrogens with zero attached hydrogens (tertiary/aromatic N) is 2. The SMILES string of the molecule is CCC[C@]1(CO)CCN(C2CCN(c3ccc(F)cc3C)CC2)C[C@H]1O. The molecular formula is C21H33FN2O2. The molecule has 2 atom stereocenters. The molecule has 2 fully saturated rings. The van der Waals surface area contributed by atoms with Gasteiger partial charge in [0.2, 0.25) is 0 Å². The molecule has 3 rings (SSSR count). The Morgan fingerprint density at radius 3 is 2.54 bits per heavy atom. The fourth-order valence-corrected chi connectivity index (χ4v) is 4.87. The smallest absolute Gasteiger partial charge is 0.123 e. The summed E-state index contributed by atoms with van der Waals surface area (Å²) >= 11 is 0. The summed E-state index contributed by atoms with van der Waals surface area (Å²) in [5.41, 5.74) is 1.81. The summed E-state index contributed by atoms with van der Waals surface area (Å²) in [6.07, 6.45) is 4.43. The van der Waals surface area contributed by atoms with Crippen molar-refractivity contribution in [1.82, 2.24) is 4.90 Å². The molecule has 1 aromatic rings. The Hall–Kier alpha value is -1.17. The van der Waals surface area contributed by atoms with Crippen molar-refractivity contribution in [2.45, 2.75) is 58.1 Å². The first-order valence-electron chi connectivity index (χ1n) is 10.0. The van der Waals surface area contributed by atoms with Crippen LogP contribution in [0.5, 0.6) is 0 Å². The van der Waals surface area contributed by atoms with E-state index in [0.29, 0.717) is 12.6 Å². The Bertz CT molecular complexity index is 604. The number of likely N-dealkylation sites (tertiary alicyclic amines) is 1. The van der Waals surface area contributed by atoms with Gasteiger partial charge in [-0.1, -0.05) is 13.3 Å². The van der Waals surface area contributed by atoms with Crippen LogP contribution in [0.2, 0.25) is 0 Å². The highest BCUT2D eigenvalue weighted by atomic mass is 19.1. The molecule has 1 aromatic carbocycles. The minimum absolute atomic E-state index is 0.0815. The van der Waals surface area contributed by atoms with Crippen LogP contribution in [0.15, 0.2) is 18.2 Å². The highest BCUT2D eigenvalue weighted by Crippen LogP contribution is 2.37. The Kier molecular flexibility index (Phi) is 6.21. The normalized spacial score (nSPS) is 28.5. The average molecular weight is 365 g/mol. The topological polar surface area (TPSA) is 46.9 Å². The van der Waals surface area contributed by atoms with Crippen molar-refractivity contribution in [3.8, 4) is 0 Å². The number of anilines is 1.